The van der Waals surface area contributed by atoms with Crippen molar-refractivity contribution in [2.24, 2.45) is 0 Å². The van der Waals surface area contributed by atoms with Crippen LogP contribution in [0, 0.1) is 0 Å². The number of carboxylic acid groups (broad SMARTS) is 2. The molecule has 1 fully saturated rings. The maximum atomic E-state index is 12.8. The molecule has 1 saturated heterocycles. The Morgan fingerprint density at radius 3 is 2.05 bits per heavy atom. The van der Waals surface area contributed by atoms with Crippen LogP contribution >= 0.6 is 11.3 Å². The third kappa shape index (κ3) is 7.54. The quantitative estimate of drug-likeness (QED) is 0.371. The fourth-order valence-electron chi connectivity index (χ4n) is 3.72. The van der Waals surface area contributed by atoms with Gasteiger partial charge in [-0.15, -0.1) is 11.3 Å². The van der Waals surface area contributed by atoms with E-state index >= 15 is 0 Å². The first-order chi connectivity index (χ1) is 18.3. The number of anilines is 3. The van der Waals surface area contributed by atoms with Gasteiger partial charge >= 0.3 is 18.1 Å². The van der Waals surface area contributed by atoms with Crippen molar-refractivity contribution in [3.8, 4) is 5.75 Å². The number of piperazine rings is 1. The van der Waals surface area contributed by atoms with Crippen LogP contribution in [0.5, 0.6) is 5.75 Å². The number of aromatic carboxylic acids is 1. The first kappa shape index (κ1) is 29.6. The van der Waals surface area contributed by atoms with Crippen LogP contribution in [0.2, 0.25) is 0 Å². The molecule has 4 rings (SSSR count). The highest BCUT2D eigenvalue weighted by molar-refractivity contribution is 7.94. The van der Waals surface area contributed by atoms with Crippen molar-refractivity contribution >= 4 is 50.4 Å². The zero-order chi connectivity index (χ0) is 28.8. The zero-order valence-corrected chi connectivity index (χ0v) is 22.0. The number of hydrogen-bond donors (Lipinski definition) is 3. The Labute approximate surface area is 225 Å². The van der Waals surface area contributed by atoms with Gasteiger partial charge in [0.05, 0.1) is 29.7 Å². The minimum Gasteiger partial charge on any atom is -0.495 e. The minimum atomic E-state index is -5.08. The monoisotopic (exact) mass is 587 g/mol. The van der Waals surface area contributed by atoms with Crippen molar-refractivity contribution in [3.63, 3.8) is 0 Å². The molecule has 0 saturated carbocycles. The second kappa shape index (κ2) is 12.3. The number of nitrogens with zero attached hydrogens (tertiary/aromatic N) is 2. The molecule has 0 radical (unpaired) electrons. The lowest BCUT2D eigenvalue weighted by Gasteiger charge is -2.38. The summed E-state index contributed by atoms with van der Waals surface area (Å²) in [5, 5.41) is 18.2. The molecule has 0 unspecified atom stereocenters. The standard InChI is InChI=1S/C22H23N3O5S2.C2HF3O2/c1-30-20-6-3-2-5-19(20)25-12-10-24(11-13-25)18-9-8-16(22(26)27)15-17(18)23-32(28,29)21-7-4-14-31-21;3-2(4,5)1(6)7/h2-9,14-15,23H,10-13H2,1H3,(H,26,27);(H,6,7). The molecular formula is C24H24F3N3O7S2. The van der Waals surface area contributed by atoms with E-state index in [2.05, 4.69) is 14.5 Å². The summed E-state index contributed by atoms with van der Waals surface area (Å²) in [6.45, 7) is 2.69. The van der Waals surface area contributed by atoms with E-state index in [-0.39, 0.29) is 15.5 Å². The number of methoxy groups -OCH3 is 1. The lowest BCUT2D eigenvalue weighted by molar-refractivity contribution is -0.192. The van der Waals surface area contributed by atoms with Crippen molar-refractivity contribution in [2.75, 3.05) is 47.8 Å². The molecule has 0 atom stereocenters. The van der Waals surface area contributed by atoms with Crippen LogP contribution in [-0.2, 0) is 14.8 Å². The topological polar surface area (TPSA) is 136 Å². The van der Waals surface area contributed by atoms with Gasteiger partial charge in [-0.3, -0.25) is 4.72 Å². The summed E-state index contributed by atoms with van der Waals surface area (Å²) < 4.78 is 65.6. The largest absolute Gasteiger partial charge is 0.495 e. The number of aliphatic carboxylic acids is 1. The van der Waals surface area contributed by atoms with E-state index in [0.717, 1.165) is 22.8 Å². The summed E-state index contributed by atoms with van der Waals surface area (Å²) in [5.74, 6) is -3.07. The number of halogens is 3. The van der Waals surface area contributed by atoms with Crippen LogP contribution in [0.25, 0.3) is 0 Å². The summed E-state index contributed by atoms with van der Waals surface area (Å²) in [4.78, 5) is 24.7. The van der Waals surface area contributed by atoms with Gasteiger partial charge in [-0.2, -0.15) is 13.2 Å². The van der Waals surface area contributed by atoms with E-state index in [4.69, 9.17) is 14.6 Å². The highest BCUT2D eigenvalue weighted by atomic mass is 32.2. The van der Waals surface area contributed by atoms with Gasteiger partial charge in [0.15, 0.2) is 0 Å². The molecule has 0 amide bonds. The summed E-state index contributed by atoms with van der Waals surface area (Å²) in [6.07, 6.45) is -5.08. The van der Waals surface area contributed by atoms with E-state index in [0.29, 0.717) is 31.9 Å². The average molecular weight is 588 g/mol. The molecule has 3 N–H and O–H groups in total. The first-order valence-electron chi connectivity index (χ1n) is 11.2. The number of rotatable bonds is 7. The SMILES string of the molecule is COc1ccccc1N1CCN(c2ccc(C(=O)O)cc2NS(=O)(=O)c2cccs2)CC1.O=C(O)C(F)(F)F. The van der Waals surface area contributed by atoms with Gasteiger partial charge in [0.1, 0.15) is 9.96 Å². The molecule has 3 aromatic rings. The molecule has 1 aliphatic rings. The highest BCUT2D eigenvalue weighted by Gasteiger charge is 2.38. The average Bonchev–Trinajstić information content (AvgIpc) is 3.45. The zero-order valence-electron chi connectivity index (χ0n) is 20.4. The molecular weight excluding hydrogens is 563 g/mol. The summed E-state index contributed by atoms with van der Waals surface area (Å²) in [7, 11) is -2.17. The highest BCUT2D eigenvalue weighted by Crippen LogP contribution is 2.33. The fourth-order valence-corrected chi connectivity index (χ4v) is 5.78. The van der Waals surface area contributed by atoms with Crippen molar-refractivity contribution in [2.45, 2.75) is 10.4 Å². The van der Waals surface area contributed by atoms with Crippen LogP contribution < -0.4 is 19.3 Å². The predicted octanol–water partition coefficient (Wildman–Crippen LogP) is 4.22. The number of carboxylic acids is 2. The van der Waals surface area contributed by atoms with E-state index in [9.17, 15) is 31.5 Å². The molecule has 210 valence electrons. The Bertz CT molecular complexity index is 1410. The second-order valence-electron chi connectivity index (χ2n) is 8.02. The number of carbonyl (C=O) groups is 2. The Morgan fingerprint density at radius 1 is 0.949 bits per heavy atom. The molecule has 15 heteroatoms. The number of ether oxygens (including phenoxy) is 1. The number of benzene rings is 2. The normalized spacial score (nSPS) is 13.7. The van der Waals surface area contributed by atoms with Crippen LogP contribution in [0.15, 0.2) is 64.2 Å². The van der Waals surface area contributed by atoms with Crippen molar-refractivity contribution < 1.29 is 46.1 Å². The second-order valence-corrected chi connectivity index (χ2v) is 10.9. The predicted molar refractivity (Wildman–Crippen MR) is 140 cm³/mol. The number of thiophene rings is 1. The molecule has 1 aliphatic heterocycles. The molecule has 0 aliphatic carbocycles. The van der Waals surface area contributed by atoms with Crippen molar-refractivity contribution in [1.29, 1.82) is 0 Å². The van der Waals surface area contributed by atoms with Gasteiger partial charge in [-0.1, -0.05) is 18.2 Å². The van der Waals surface area contributed by atoms with Crippen molar-refractivity contribution in [1.82, 2.24) is 0 Å². The van der Waals surface area contributed by atoms with Gasteiger partial charge in [0.2, 0.25) is 0 Å². The van der Waals surface area contributed by atoms with Crippen LogP contribution in [0.4, 0.5) is 30.2 Å². The maximum absolute atomic E-state index is 12.8. The number of nitrogens with one attached hydrogen (secondary N) is 1. The van der Waals surface area contributed by atoms with E-state index in [1.54, 1.807) is 24.6 Å². The van der Waals surface area contributed by atoms with Gasteiger partial charge < -0.3 is 24.7 Å². The molecule has 0 bridgehead atoms. The van der Waals surface area contributed by atoms with E-state index in [1.165, 1.54) is 18.2 Å². The summed E-state index contributed by atoms with van der Waals surface area (Å²) in [6, 6.07) is 15.5. The number of para-hydroxylation sites is 2. The summed E-state index contributed by atoms with van der Waals surface area (Å²) in [5.41, 5.74) is 1.93. The van der Waals surface area contributed by atoms with Crippen LogP contribution in [0.1, 0.15) is 10.4 Å². The van der Waals surface area contributed by atoms with Crippen molar-refractivity contribution in [3.05, 3.63) is 65.5 Å². The van der Waals surface area contributed by atoms with E-state index < -0.39 is 28.1 Å². The smallest absolute Gasteiger partial charge is 0.490 e. The lowest BCUT2D eigenvalue weighted by Crippen LogP contribution is -2.46. The molecule has 2 heterocycles. The third-order valence-corrected chi connectivity index (χ3v) is 8.30. The van der Waals surface area contributed by atoms with Gasteiger partial charge in [0.25, 0.3) is 10.0 Å². The maximum Gasteiger partial charge on any atom is 0.490 e. The number of hydrogen-bond acceptors (Lipinski definition) is 8. The van der Waals surface area contributed by atoms with Crippen LogP contribution in [0.3, 0.4) is 0 Å². The molecule has 39 heavy (non-hydrogen) atoms. The number of alkyl halides is 3. The lowest BCUT2D eigenvalue weighted by atomic mass is 10.1. The number of sulfonamides is 1. The molecule has 10 nitrogen and oxygen atoms in total. The Kier molecular flexibility index (Phi) is 9.29. The molecule has 2 aromatic carbocycles. The van der Waals surface area contributed by atoms with Gasteiger partial charge in [-0.05, 0) is 41.8 Å². The third-order valence-electron chi connectivity index (χ3n) is 5.54. The van der Waals surface area contributed by atoms with Gasteiger partial charge in [0, 0.05) is 26.2 Å². The Morgan fingerprint density at radius 2 is 1.54 bits per heavy atom. The van der Waals surface area contributed by atoms with Crippen LogP contribution in [-0.4, -0.2) is 70.0 Å². The van der Waals surface area contributed by atoms with E-state index in [1.807, 2.05) is 24.3 Å². The summed E-state index contributed by atoms with van der Waals surface area (Å²) >= 11 is 1.10. The fraction of sp³-hybridized carbons (Fsp3) is 0.250. The van der Waals surface area contributed by atoms with Gasteiger partial charge in [-0.25, -0.2) is 18.0 Å². The Hall–Kier alpha value is -3.98. The first-order valence-corrected chi connectivity index (χ1v) is 13.6. The molecule has 1 aromatic heterocycles. The Balaban J connectivity index is 0.000000532. The molecule has 0 spiro atoms. The minimum absolute atomic E-state index is 0.0188.